The number of nitrogens with zero attached hydrogens (tertiary/aromatic N) is 2. The number of likely N-dealkylation sites (tertiary alicyclic amines) is 1. The lowest BCUT2D eigenvalue weighted by molar-refractivity contribution is -0.146. The van der Waals surface area contributed by atoms with Crippen LogP contribution in [0.5, 0.6) is 0 Å². The Morgan fingerprint density at radius 3 is 2.67 bits per heavy atom. The van der Waals surface area contributed by atoms with E-state index in [-0.39, 0.29) is 17.7 Å². The van der Waals surface area contributed by atoms with E-state index >= 15 is 0 Å². The van der Waals surface area contributed by atoms with Crippen molar-refractivity contribution in [2.24, 2.45) is 11.3 Å². The van der Waals surface area contributed by atoms with Gasteiger partial charge in [-0.25, -0.2) is 0 Å². The topological polar surface area (TPSA) is 75.4 Å². The molecule has 1 unspecified atom stereocenters. The van der Waals surface area contributed by atoms with Gasteiger partial charge < -0.3 is 14.7 Å². The van der Waals surface area contributed by atoms with E-state index in [2.05, 4.69) is 10.5 Å². The lowest BCUT2D eigenvalue weighted by Gasteiger charge is -2.43. The average Bonchev–Trinajstić information content (AvgIpc) is 3.15. The van der Waals surface area contributed by atoms with Crippen molar-refractivity contribution in [3.63, 3.8) is 0 Å². The summed E-state index contributed by atoms with van der Waals surface area (Å²) < 4.78 is 5.65. The number of aromatic nitrogens is 1. The second kappa shape index (κ2) is 8.62. The van der Waals surface area contributed by atoms with Crippen molar-refractivity contribution < 1.29 is 14.1 Å². The Balaban J connectivity index is 1.55. The molecule has 1 saturated carbocycles. The van der Waals surface area contributed by atoms with Crippen LogP contribution in [0.25, 0.3) is 11.3 Å². The van der Waals surface area contributed by atoms with Gasteiger partial charge in [0.25, 0.3) is 0 Å². The molecule has 1 aliphatic heterocycles. The van der Waals surface area contributed by atoms with Crippen LogP contribution in [0.3, 0.4) is 0 Å². The third-order valence-electron chi connectivity index (χ3n) is 6.58. The van der Waals surface area contributed by atoms with Gasteiger partial charge in [-0.15, -0.1) is 0 Å². The number of benzene rings is 1. The monoisotopic (exact) mass is 409 g/mol. The molecule has 30 heavy (non-hydrogen) atoms. The van der Waals surface area contributed by atoms with Crippen molar-refractivity contribution in [3.8, 4) is 11.3 Å². The Bertz CT molecular complexity index is 901. The predicted octanol–water partition coefficient (Wildman–Crippen LogP) is 3.74. The molecule has 0 radical (unpaired) electrons. The summed E-state index contributed by atoms with van der Waals surface area (Å²) in [5, 5.41) is 7.23. The van der Waals surface area contributed by atoms with Gasteiger partial charge in [0.05, 0.1) is 5.41 Å². The van der Waals surface area contributed by atoms with Gasteiger partial charge in [-0.3, -0.25) is 9.59 Å². The predicted molar refractivity (Wildman–Crippen MR) is 115 cm³/mol. The number of aryl methyl sites for hydroxylation is 1. The largest absolute Gasteiger partial charge is 0.361 e. The Kier molecular flexibility index (Phi) is 5.93. The van der Waals surface area contributed by atoms with Gasteiger partial charge in [0, 0.05) is 43.6 Å². The minimum Gasteiger partial charge on any atom is -0.361 e. The van der Waals surface area contributed by atoms with E-state index in [9.17, 15) is 9.59 Å². The molecule has 2 amide bonds. The van der Waals surface area contributed by atoms with E-state index in [1.807, 2.05) is 49.1 Å². The summed E-state index contributed by atoms with van der Waals surface area (Å²) in [5.41, 5.74) is 2.29. The minimum absolute atomic E-state index is 0.00407. The fourth-order valence-electron chi connectivity index (χ4n) is 4.58. The number of amides is 2. The zero-order chi connectivity index (χ0) is 21.1. The Labute approximate surface area is 178 Å². The first kappa shape index (κ1) is 20.6. The van der Waals surface area contributed by atoms with Crippen LogP contribution in [0, 0.1) is 18.3 Å². The highest BCUT2D eigenvalue weighted by atomic mass is 16.5. The first-order valence-corrected chi connectivity index (χ1v) is 11.1. The van der Waals surface area contributed by atoms with Crippen LogP contribution in [0.15, 0.2) is 34.9 Å². The molecule has 2 fully saturated rings. The quantitative estimate of drug-likeness (QED) is 0.789. The summed E-state index contributed by atoms with van der Waals surface area (Å²) in [5.74, 6) is 1.06. The second-order valence-electron chi connectivity index (χ2n) is 8.85. The van der Waals surface area contributed by atoms with Crippen LogP contribution < -0.4 is 5.32 Å². The van der Waals surface area contributed by atoms with Crippen LogP contribution in [-0.4, -0.2) is 41.5 Å². The second-order valence-corrected chi connectivity index (χ2v) is 8.85. The molecule has 160 valence electrons. The average molecular weight is 410 g/mol. The zero-order valence-corrected chi connectivity index (χ0v) is 17.9. The van der Waals surface area contributed by atoms with Crippen molar-refractivity contribution in [2.45, 2.75) is 52.4 Å². The Morgan fingerprint density at radius 1 is 1.23 bits per heavy atom. The smallest absolute Gasteiger partial charge is 0.228 e. The van der Waals surface area contributed by atoms with E-state index in [1.54, 1.807) is 0 Å². The van der Waals surface area contributed by atoms with Crippen molar-refractivity contribution in [1.29, 1.82) is 0 Å². The van der Waals surface area contributed by atoms with Crippen molar-refractivity contribution in [3.05, 3.63) is 41.7 Å². The molecule has 2 aliphatic rings. The first-order valence-electron chi connectivity index (χ1n) is 11.1. The van der Waals surface area contributed by atoms with Crippen LogP contribution in [0.4, 0.5) is 0 Å². The number of carbonyl (C=O) groups excluding carboxylic acids is 2. The molecule has 1 saturated heterocycles. The molecule has 1 aliphatic carbocycles. The molecule has 2 aromatic rings. The lowest BCUT2D eigenvalue weighted by Crippen LogP contribution is -2.55. The highest BCUT2D eigenvalue weighted by molar-refractivity contribution is 5.85. The summed E-state index contributed by atoms with van der Waals surface area (Å²) in [6, 6.07) is 10.1. The first-order chi connectivity index (χ1) is 14.5. The van der Waals surface area contributed by atoms with Crippen LogP contribution in [0.1, 0.15) is 50.4 Å². The maximum absolute atomic E-state index is 13.1. The standard InChI is InChI=1S/C24H31N3O3/c1-3-25-23(29)24(12-5-13-27(16-24)22(28)19-6-4-7-19)15-20-14-21(26-30-20)18-10-8-17(2)9-11-18/h8-11,14,19H,3-7,12-13,15-16H2,1-2H3,(H,25,29). The van der Waals surface area contributed by atoms with E-state index in [0.717, 1.165) is 49.9 Å². The minimum atomic E-state index is -0.669. The molecular weight excluding hydrogens is 378 g/mol. The molecule has 0 spiro atoms. The van der Waals surface area contributed by atoms with Crippen LogP contribution in [0.2, 0.25) is 0 Å². The summed E-state index contributed by atoms with van der Waals surface area (Å²) in [6.07, 6.45) is 5.11. The van der Waals surface area contributed by atoms with Crippen molar-refractivity contribution in [2.75, 3.05) is 19.6 Å². The molecule has 6 nitrogen and oxygen atoms in total. The molecule has 4 rings (SSSR count). The van der Waals surface area contributed by atoms with Gasteiger partial charge in [-0.05, 0) is 39.5 Å². The van der Waals surface area contributed by atoms with Gasteiger partial charge in [0.1, 0.15) is 11.5 Å². The van der Waals surface area contributed by atoms with Crippen LogP contribution >= 0.6 is 0 Å². The fourth-order valence-corrected chi connectivity index (χ4v) is 4.58. The van der Waals surface area contributed by atoms with Crippen molar-refractivity contribution >= 4 is 11.8 Å². The maximum atomic E-state index is 13.1. The number of rotatable bonds is 6. The van der Waals surface area contributed by atoms with Gasteiger partial charge in [-0.1, -0.05) is 41.4 Å². The van der Waals surface area contributed by atoms with E-state index in [0.29, 0.717) is 25.3 Å². The number of carbonyl (C=O) groups is 2. The van der Waals surface area contributed by atoms with E-state index in [1.165, 1.54) is 5.56 Å². The molecular formula is C24H31N3O3. The van der Waals surface area contributed by atoms with E-state index < -0.39 is 5.41 Å². The summed E-state index contributed by atoms with van der Waals surface area (Å²) in [4.78, 5) is 27.9. The molecule has 2 heterocycles. The third-order valence-corrected chi connectivity index (χ3v) is 6.58. The van der Waals surface area contributed by atoms with Crippen LogP contribution in [-0.2, 0) is 16.0 Å². The summed E-state index contributed by atoms with van der Waals surface area (Å²) in [6.45, 7) is 5.74. The van der Waals surface area contributed by atoms with Gasteiger partial charge in [-0.2, -0.15) is 0 Å². The lowest BCUT2D eigenvalue weighted by atomic mass is 9.74. The molecule has 1 aromatic carbocycles. The summed E-state index contributed by atoms with van der Waals surface area (Å²) in [7, 11) is 0. The SMILES string of the molecule is CCNC(=O)C1(Cc2cc(-c3ccc(C)cc3)no2)CCCN(C(=O)C2CCC2)C1. The van der Waals surface area contributed by atoms with Gasteiger partial charge in [0.15, 0.2) is 0 Å². The Morgan fingerprint density at radius 2 is 2.00 bits per heavy atom. The zero-order valence-electron chi connectivity index (χ0n) is 17.9. The Hall–Kier alpha value is -2.63. The molecule has 1 atom stereocenters. The normalized spacial score (nSPS) is 21.9. The third kappa shape index (κ3) is 4.13. The van der Waals surface area contributed by atoms with Crippen molar-refractivity contribution in [1.82, 2.24) is 15.4 Å². The number of nitrogens with one attached hydrogen (secondary N) is 1. The maximum Gasteiger partial charge on any atom is 0.228 e. The number of piperidine rings is 1. The number of hydrogen-bond acceptors (Lipinski definition) is 4. The highest BCUT2D eigenvalue weighted by Crippen LogP contribution is 2.37. The fraction of sp³-hybridized carbons (Fsp3) is 0.542. The molecule has 0 bridgehead atoms. The highest BCUT2D eigenvalue weighted by Gasteiger charge is 2.45. The summed E-state index contributed by atoms with van der Waals surface area (Å²) >= 11 is 0. The molecule has 1 aromatic heterocycles. The molecule has 6 heteroatoms. The van der Waals surface area contributed by atoms with Gasteiger partial charge in [0.2, 0.25) is 11.8 Å². The van der Waals surface area contributed by atoms with Gasteiger partial charge >= 0.3 is 0 Å². The van der Waals surface area contributed by atoms with E-state index in [4.69, 9.17) is 4.52 Å². The number of hydrogen-bond donors (Lipinski definition) is 1. The molecule has 1 N–H and O–H groups in total.